The van der Waals surface area contributed by atoms with Crippen molar-refractivity contribution in [1.29, 1.82) is 0 Å². The van der Waals surface area contributed by atoms with Gasteiger partial charge in [-0.1, -0.05) is 28.8 Å². The lowest BCUT2D eigenvalue weighted by atomic mass is 10.1. The number of sulfonamides is 1. The molecule has 3 rings (SSSR count). The van der Waals surface area contributed by atoms with E-state index in [0.717, 1.165) is 12.8 Å². The Morgan fingerprint density at radius 1 is 1.05 bits per heavy atom. The van der Waals surface area contributed by atoms with Gasteiger partial charge in [-0.25, -0.2) is 8.42 Å². The monoisotopic (exact) mass is 311 g/mol. The van der Waals surface area contributed by atoms with Crippen molar-refractivity contribution < 1.29 is 8.42 Å². The Kier molecular flexibility index (Phi) is 3.65. The van der Waals surface area contributed by atoms with Crippen LogP contribution in [0.15, 0.2) is 34.2 Å². The van der Waals surface area contributed by atoms with Crippen molar-refractivity contribution in [3.63, 3.8) is 0 Å². The normalized spacial score (nSPS) is 20.3. The van der Waals surface area contributed by atoms with E-state index in [-0.39, 0.29) is 0 Å². The summed E-state index contributed by atoms with van der Waals surface area (Å²) in [4.78, 5) is 0.340. The van der Waals surface area contributed by atoms with Crippen LogP contribution in [0.25, 0.3) is 0 Å². The van der Waals surface area contributed by atoms with E-state index in [1.807, 2.05) is 0 Å². The summed E-state index contributed by atoms with van der Waals surface area (Å²) in [5.74, 6) is 0. The zero-order chi connectivity index (χ0) is 14.3. The van der Waals surface area contributed by atoms with Gasteiger partial charge in [-0.15, -0.1) is 0 Å². The van der Waals surface area contributed by atoms with Crippen molar-refractivity contribution in [1.82, 2.24) is 4.31 Å². The molecule has 0 bridgehead atoms. The number of hydrogen-bond acceptors (Lipinski definition) is 2. The molecular formula is C15H18ClNO2S. The number of nitrogens with zero attached hydrogens (tertiary/aromatic N) is 1. The van der Waals surface area contributed by atoms with E-state index >= 15 is 0 Å². The average molecular weight is 312 g/mol. The molecule has 0 amide bonds. The van der Waals surface area contributed by atoms with E-state index in [1.54, 1.807) is 35.0 Å². The van der Waals surface area contributed by atoms with Crippen molar-refractivity contribution in [3.8, 4) is 0 Å². The highest BCUT2D eigenvalue weighted by atomic mass is 35.5. The standard InChI is InChI=1S/C15H18ClNO2S/c1-11-14(16)3-2-4-15(11)20(18,19)17-9-7-13(8-10-17)12-5-6-12/h2-4H,5-10H2,1H3. The van der Waals surface area contributed by atoms with Crippen LogP contribution in [0.3, 0.4) is 0 Å². The molecule has 1 heterocycles. The molecule has 1 aliphatic carbocycles. The van der Waals surface area contributed by atoms with Crippen LogP contribution in [0, 0.1) is 6.92 Å². The van der Waals surface area contributed by atoms with Crippen molar-refractivity contribution in [2.75, 3.05) is 13.1 Å². The van der Waals surface area contributed by atoms with Gasteiger partial charge in [-0.2, -0.15) is 4.31 Å². The minimum Gasteiger partial charge on any atom is -0.207 e. The summed E-state index contributed by atoms with van der Waals surface area (Å²) in [6, 6.07) is 5.07. The van der Waals surface area contributed by atoms with Gasteiger partial charge in [0.2, 0.25) is 10.0 Å². The Balaban J connectivity index is 1.85. The second kappa shape index (κ2) is 5.17. The number of rotatable bonds is 2. The topological polar surface area (TPSA) is 37.4 Å². The van der Waals surface area contributed by atoms with Crippen molar-refractivity contribution in [3.05, 3.63) is 39.9 Å². The number of halogens is 1. The Hall–Kier alpha value is -0.840. The second-order valence-electron chi connectivity index (χ2n) is 5.47. The summed E-state index contributed by atoms with van der Waals surface area (Å²) in [5.41, 5.74) is 3.68. The van der Waals surface area contributed by atoms with Crippen LogP contribution in [0.5, 0.6) is 0 Å². The highest BCUT2D eigenvalue weighted by Crippen LogP contribution is 2.37. The van der Waals surface area contributed by atoms with Crippen LogP contribution in [-0.4, -0.2) is 25.8 Å². The molecule has 0 spiro atoms. The molecule has 3 nitrogen and oxygen atoms in total. The molecule has 0 aromatic heterocycles. The average Bonchev–Trinajstić information content (AvgIpc) is 3.26. The molecule has 20 heavy (non-hydrogen) atoms. The van der Waals surface area contributed by atoms with Crippen LogP contribution in [0.4, 0.5) is 0 Å². The molecule has 0 N–H and O–H groups in total. The summed E-state index contributed by atoms with van der Waals surface area (Å²) in [6.07, 6.45) is 4.20. The third kappa shape index (κ3) is 2.52. The van der Waals surface area contributed by atoms with Gasteiger partial charge in [-0.05, 0) is 50.3 Å². The van der Waals surface area contributed by atoms with Gasteiger partial charge < -0.3 is 0 Å². The first kappa shape index (κ1) is 14.1. The molecule has 1 saturated heterocycles. The summed E-state index contributed by atoms with van der Waals surface area (Å²) >= 11 is 6.04. The lowest BCUT2D eigenvalue weighted by Gasteiger charge is -2.28. The summed E-state index contributed by atoms with van der Waals surface area (Å²) in [7, 11) is -3.42. The lowest BCUT2D eigenvalue weighted by molar-refractivity contribution is 0.386. The molecule has 1 aromatic carbocycles. The first-order chi connectivity index (χ1) is 9.50. The number of benzene rings is 1. The quantitative estimate of drug-likeness (QED) is 0.784. The fraction of sp³-hybridized carbons (Fsp3) is 0.467. The van der Waals surface area contributed by atoms with E-state index in [1.165, 1.54) is 18.4 Å². The number of piperidine rings is 1. The molecule has 1 aromatic rings. The van der Waals surface area contributed by atoms with Gasteiger partial charge in [0.1, 0.15) is 0 Å². The van der Waals surface area contributed by atoms with Crippen LogP contribution in [0.2, 0.25) is 5.02 Å². The smallest absolute Gasteiger partial charge is 0.207 e. The van der Waals surface area contributed by atoms with E-state index in [2.05, 4.69) is 0 Å². The number of allylic oxidation sites excluding steroid dienone is 1. The lowest BCUT2D eigenvalue weighted by Crippen LogP contribution is -2.36. The first-order valence-corrected chi connectivity index (χ1v) is 8.77. The maximum Gasteiger partial charge on any atom is 0.243 e. The Labute approximate surface area is 125 Å². The molecule has 5 heteroatoms. The molecule has 2 fully saturated rings. The van der Waals surface area contributed by atoms with E-state index in [0.29, 0.717) is 28.6 Å². The van der Waals surface area contributed by atoms with Crippen LogP contribution >= 0.6 is 11.6 Å². The van der Waals surface area contributed by atoms with Crippen LogP contribution < -0.4 is 0 Å². The minimum absolute atomic E-state index is 0.340. The predicted molar refractivity (Wildman–Crippen MR) is 80.4 cm³/mol. The summed E-state index contributed by atoms with van der Waals surface area (Å²) < 4.78 is 27.0. The van der Waals surface area contributed by atoms with Gasteiger partial charge in [0.05, 0.1) is 4.90 Å². The first-order valence-electron chi connectivity index (χ1n) is 6.95. The highest BCUT2D eigenvalue weighted by molar-refractivity contribution is 7.89. The maximum absolute atomic E-state index is 12.7. The van der Waals surface area contributed by atoms with E-state index in [4.69, 9.17) is 11.6 Å². The molecular weight excluding hydrogens is 294 g/mol. The maximum atomic E-state index is 12.7. The van der Waals surface area contributed by atoms with E-state index < -0.39 is 10.0 Å². The summed E-state index contributed by atoms with van der Waals surface area (Å²) in [6.45, 7) is 2.94. The SMILES string of the molecule is Cc1c(Cl)cccc1S(=O)(=O)N1CCC(=C2CC2)CC1. The zero-order valence-electron chi connectivity index (χ0n) is 11.5. The van der Waals surface area contributed by atoms with Crippen LogP contribution in [-0.2, 0) is 10.0 Å². The Bertz CT molecular complexity index is 663. The van der Waals surface area contributed by atoms with E-state index in [9.17, 15) is 8.42 Å². The van der Waals surface area contributed by atoms with Crippen molar-refractivity contribution >= 4 is 21.6 Å². The predicted octanol–water partition coefficient (Wildman–Crippen LogP) is 3.52. The molecule has 0 unspecified atom stereocenters. The van der Waals surface area contributed by atoms with Crippen molar-refractivity contribution in [2.45, 2.75) is 37.5 Å². The van der Waals surface area contributed by atoms with Crippen molar-refractivity contribution in [2.24, 2.45) is 0 Å². The minimum atomic E-state index is -3.42. The zero-order valence-corrected chi connectivity index (χ0v) is 13.1. The third-order valence-electron chi connectivity index (χ3n) is 4.16. The molecule has 1 aliphatic heterocycles. The molecule has 2 aliphatic rings. The van der Waals surface area contributed by atoms with Crippen LogP contribution in [0.1, 0.15) is 31.2 Å². The highest BCUT2D eigenvalue weighted by Gasteiger charge is 2.30. The third-order valence-corrected chi connectivity index (χ3v) is 6.61. The summed E-state index contributed by atoms with van der Waals surface area (Å²) in [5, 5.41) is 0.504. The fourth-order valence-electron chi connectivity index (χ4n) is 2.77. The second-order valence-corrected chi connectivity index (χ2v) is 7.79. The van der Waals surface area contributed by atoms with Gasteiger partial charge in [0.25, 0.3) is 0 Å². The van der Waals surface area contributed by atoms with Gasteiger partial charge in [0, 0.05) is 18.1 Å². The largest absolute Gasteiger partial charge is 0.243 e. The molecule has 0 atom stereocenters. The van der Waals surface area contributed by atoms with Gasteiger partial charge >= 0.3 is 0 Å². The van der Waals surface area contributed by atoms with Gasteiger partial charge in [-0.3, -0.25) is 0 Å². The Morgan fingerprint density at radius 2 is 1.65 bits per heavy atom. The number of hydrogen-bond donors (Lipinski definition) is 0. The fourth-order valence-corrected chi connectivity index (χ4v) is 4.69. The molecule has 1 saturated carbocycles. The molecule has 0 radical (unpaired) electrons. The Morgan fingerprint density at radius 3 is 2.25 bits per heavy atom. The molecule has 108 valence electrons. The van der Waals surface area contributed by atoms with Gasteiger partial charge in [0.15, 0.2) is 0 Å².